The first-order valence-electron chi connectivity index (χ1n) is 10.8. The molecule has 1 fully saturated rings. The molecule has 1 aliphatic heterocycles. The fraction of sp³-hybridized carbons (Fsp3) is 0.480. The highest BCUT2D eigenvalue weighted by molar-refractivity contribution is 5.77. The van der Waals surface area contributed by atoms with Gasteiger partial charge >= 0.3 is 0 Å². The maximum absolute atomic E-state index is 12.9. The summed E-state index contributed by atoms with van der Waals surface area (Å²) in [6.45, 7) is 12.8. The number of benzene rings is 2. The standard InChI is InChI=1S/C25H35N3O/c1-4-27-15-17-28(18-16-27)25(2,3)20-26-24(29)19-23(21-11-7-5-8-12-21)22-13-9-6-10-14-22/h5-14,23H,4,15-20H2,1-3H3,(H,26,29). The van der Waals surface area contributed by atoms with Gasteiger partial charge in [-0.3, -0.25) is 9.69 Å². The van der Waals surface area contributed by atoms with Gasteiger partial charge < -0.3 is 10.2 Å². The van der Waals surface area contributed by atoms with Crippen molar-refractivity contribution in [2.75, 3.05) is 39.3 Å². The van der Waals surface area contributed by atoms with Crippen LogP contribution in [0.25, 0.3) is 0 Å². The molecule has 1 saturated heterocycles. The molecule has 1 heterocycles. The molecule has 0 saturated carbocycles. The number of piperazine rings is 1. The highest BCUT2D eigenvalue weighted by Crippen LogP contribution is 2.28. The molecule has 3 rings (SSSR count). The molecule has 0 aliphatic carbocycles. The molecular formula is C25H35N3O. The van der Waals surface area contributed by atoms with Gasteiger partial charge in [0.05, 0.1) is 0 Å². The van der Waals surface area contributed by atoms with Gasteiger partial charge in [-0.25, -0.2) is 0 Å². The van der Waals surface area contributed by atoms with Crippen molar-refractivity contribution in [1.29, 1.82) is 0 Å². The lowest BCUT2D eigenvalue weighted by Gasteiger charge is -2.44. The van der Waals surface area contributed by atoms with Gasteiger partial charge in [-0.2, -0.15) is 0 Å². The van der Waals surface area contributed by atoms with Crippen molar-refractivity contribution < 1.29 is 4.79 Å². The van der Waals surface area contributed by atoms with Crippen LogP contribution in [0.3, 0.4) is 0 Å². The summed E-state index contributed by atoms with van der Waals surface area (Å²) in [6.07, 6.45) is 0.466. The monoisotopic (exact) mass is 393 g/mol. The van der Waals surface area contributed by atoms with Crippen molar-refractivity contribution in [2.45, 2.75) is 38.6 Å². The molecule has 0 unspecified atom stereocenters. The van der Waals surface area contributed by atoms with Crippen LogP contribution in [0.4, 0.5) is 0 Å². The maximum atomic E-state index is 12.9. The van der Waals surface area contributed by atoms with Crippen LogP contribution in [0.15, 0.2) is 60.7 Å². The summed E-state index contributed by atoms with van der Waals surface area (Å²) >= 11 is 0. The van der Waals surface area contributed by atoms with Crippen LogP contribution >= 0.6 is 0 Å². The second-order valence-electron chi connectivity index (χ2n) is 8.59. The van der Waals surface area contributed by atoms with Crippen molar-refractivity contribution in [2.24, 2.45) is 0 Å². The summed E-state index contributed by atoms with van der Waals surface area (Å²) in [6, 6.07) is 20.7. The molecule has 4 heteroatoms. The van der Waals surface area contributed by atoms with E-state index in [2.05, 4.69) is 60.2 Å². The number of amides is 1. The summed E-state index contributed by atoms with van der Waals surface area (Å²) in [4.78, 5) is 17.9. The third kappa shape index (κ3) is 5.91. The molecule has 4 nitrogen and oxygen atoms in total. The average molecular weight is 394 g/mol. The van der Waals surface area contributed by atoms with Gasteiger partial charge in [-0.05, 0) is 31.5 Å². The summed E-state index contributed by atoms with van der Waals surface area (Å²) in [5.74, 6) is 0.191. The van der Waals surface area contributed by atoms with E-state index in [1.165, 1.54) is 11.1 Å². The highest BCUT2D eigenvalue weighted by Gasteiger charge is 2.30. The molecule has 1 N–H and O–H groups in total. The number of carbonyl (C=O) groups is 1. The van der Waals surface area contributed by atoms with E-state index < -0.39 is 0 Å². The van der Waals surface area contributed by atoms with Gasteiger partial charge in [0.25, 0.3) is 0 Å². The van der Waals surface area contributed by atoms with Gasteiger partial charge in [0.15, 0.2) is 0 Å². The fourth-order valence-electron chi connectivity index (χ4n) is 4.15. The van der Waals surface area contributed by atoms with Crippen LogP contribution in [0.1, 0.15) is 44.2 Å². The molecule has 0 atom stereocenters. The predicted molar refractivity (Wildman–Crippen MR) is 120 cm³/mol. The number of rotatable bonds is 8. The molecule has 2 aromatic carbocycles. The number of hydrogen-bond acceptors (Lipinski definition) is 3. The van der Waals surface area contributed by atoms with Gasteiger partial charge in [-0.1, -0.05) is 67.6 Å². The summed E-state index contributed by atoms with van der Waals surface area (Å²) in [5.41, 5.74) is 2.33. The van der Waals surface area contributed by atoms with Gasteiger partial charge in [0, 0.05) is 50.6 Å². The molecule has 0 aromatic heterocycles. The average Bonchev–Trinajstić information content (AvgIpc) is 2.77. The maximum Gasteiger partial charge on any atom is 0.221 e. The Bertz CT molecular complexity index is 713. The third-order valence-electron chi connectivity index (χ3n) is 6.19. The van der Waals surface area contributed by atoms with Gasteiger partial charge in [-0.15, -0.1) is 0 Å². The molecule has 0 spiro atoms. The Morgan fingerprint density at radius 3 is 1.93 bits per heavy atom. The molecule has 2 aromatic rings. The lowest BCUT2D eigenvalue weighted by atomic mass is 9.88. The normalized spacial score (nSPS) is 16.1. The minimum atomic E-state index is -0.0372. The van der Waals surface area contributed by atoms with Crippen LogP contribution in [-0.2, 0) is 4.79 Å². The largest absolute Gasteiger partial charge is 0.354 e. The predicted octanol–water partition coefficient (Wildman–Crippen LogP) is 3.74. The Morgan fingerprint density at radius 2 is 1.45 bits per heavy atom. The fourth-order valence-corrected chi connectivity index (χ4v) is 4.15. The minimum Gasteiger partial charge on any atom is -0.354 e. The molecule has 156 valence electrons. The highest BCUT2D eigenvalue weighted by atomic mass is 16.1. The first-order chi connectivity index (χ1) is 14.0. The first kappa shape index (κ1) is 21.5. The number of nitrogens with one attached hydrogen (secondary N) is 1. The number of hydrogen-bond donors (Lipinski definition) is 1. The van der Waals surface area contributed by atoms with Crippen molar-refractivity contribution >= 4 is 5.91 Å². The first-order valence-corrected chi connectivity index (χ1v) is 10.8. The molecule has 0 bridgehead atoms. The molecular weight excluding hydrogens is 358 g/mol. The van der Waals surface area contributed by atoms with Crippen molar-refractivity contribution in [3.63, 3.8) is 0 Å². The third-order valence-corrected chi connectivity index (χ3v) is 6.19. The zero-order valence-electron chi connectivity index (χ0n) is 18.1. The SMILES string of the molecule is CCN1CCN(C(C)(C)CNC(=O)CC(c2ccccc2)c2ccccc2)CC1. The van der Waals surface area contributed by atoms with Gasteiger partial charge in [0.2, 0.25) is 5.91 Å². The van der Waals surface area contributed by atoms with E-state index in [0.29, 0.717) is 13.0 Å². The molecule has 1 amide bonds. The molecule has 0 radical (unpaired) electrons. The topological polar surface area (TPSA) is 35.6 Å². The number of nitrogens with zero attached hydrogens (tertiary/aromatic N) is 2. The summed E-state index contributed by atoms with van der Waals surface area (Å²) < 4.78 is 0. The molecule has 1 aliphatic rings. The van der Waals surface area contributed by atoms with Crippen LogP contribution in [0.2, 0.25) is 0 Å². The second kappa shape index (κ2) is 10.0. The summed E-state index contributed by atoms with van der Waals surface area (Å²) in [5, 5.41) is 3.22. The Kier molecular flexibility index (Phi) is 7.45. The van der Waals surface area contributed by atoms with Crippen LogP contribution in [0, 0.1) is 0 Å². The lowest BCUT2D eigenvalue weighted by Crippen LogP contribution is -2.58. The van der Waals surface area contributed by atoms with Crippen LogP contribution in [0.5, 0.6) is 0 Å². The number of likely N-dealkylation sites (N-methyl/N-ethyl adjacent to an activating group) is 1. The van der Waals surface area contributed by atoms with E-state index in [4.69, 9.17) is 0 Å². The lowest BCUT2D eigenvalue weighted by molar-refractivity contribution is -0.122. The Morgan fingerprint density at radius 1 is 0.931 bits per heavy atom. The second-order valence-corrected chi connectivity index (χ2v) is 8.59. The Hall–Kier alpha value is -2.17. The van der Waals surface area contributed by atoms with E-state index in [0.717, 1.165) is 32.7 Å². The summed E-state index contributed by atoms with van der Waals surface area (Å²) in [7, 11) is 0. The Balaban J connectivity index is 1.60. The van der Waals surface area contributed by atoms with E-state index in [9.17, 15) is 4.79 Å². The van der Waals surface area contributed by atoms with Crippen molar-refractivity contribution in [3.05, 3.63) is 71.8 Å². The van der Waals surface area contributed by atoms with Crippen molar-refractivity contribution in [3.8, 4) is 0 Å². The van der Waals surface area contributed by atoms with E-state index in [1.54, 1.807) is 0 Å². The van der Waals surface area contributed by atoms with E-state index >= 15 is 0 Å². The van der Waals surface area contributed by atoms with E-state index in [1.807, 2.05) is 36.4 Å². The van der Waals surface area contributed by atoms with Crippen LogP contribution in [-0.4, -0.2) is 60.5 Å². The smallest absolute Gasteiger partial charge is 0.221 e. The van der Waals surface area contributed by atoms with Crippen LogP contribution < -0.4 is 5.32 Å². The Labute approximate surface area is 175 Å². The van der Waals surface area contributed by atoms with Crippen molar-refractivity contribution in [1.82, 2.24) is 15.1 Å². The van der Waals surface area contributed by atoms with Gasteiger partial charge in [0.1, 0.15) is 0 Å². The zero-order valence-corrected chi connectivity index (χ0v) is 18.1. The van der Waals surface area contributed by atoms with E-state index in [-0.39, 0.29) is 17.4 Å². The minimum absolute atomic E-state index is 0.0372. The number of carbonyl (C=O) groups excluding carboxylic acids is 1. The quantitative estimate of drug-likeness (QED) is 0.742. The zero-order chi connectivity index (χ0) is 20.7. The molecule has 29 heavy (non-hydrogen) atoms.